The monoisotopic (exact) mass is 539 g/mol. The number of nitrogens with one attached hydrogen (secondary N) is 1. The molecular weight excluding hydrogens is 510 g/mol. The predicted molar refractivity (Wildman–Crippen MR) is 154 cm³/mol. The van der Waals surface area contributed by atoms with Gasteiger partial charge in [0, 0.05) is 17.8 Å². The van der Waals surface area contributed by atoms with E-state index in [2.05, 4.69) is 5.32 Å². The molecule has 2 heterocycles. The topological polar surface area (TPSA) is 80.2 Å². The maximum atomic E-state index is 13.6. The number of nitrogens with zero attached hydrogens (tertiary/aromatic N) is 2. The molecule has 0 aliphatic carbocycles. The fraction of sp³-hybridized carbons (Fsp3) is 0.194. The third kappa shape index (κ3) is 5.76. The van der Waals surface area contributed by atoms with Gasteiger partial charge in [0.15, 0.2) is 5.17 Å². The predicted octanol–water partition coefficient (Wildman–Crippen LogP) is 5.68. The number of hydrogen-bond donors (Lipinski definition) is 1. The van der Waals surface area contributed by atoms with E-state index < -0.39 is 12.0 Å². The Balaban J connectivity index is 1.53. The number of amides is 1. The van der Waals surface area contributed by atoms with E-state index in [1.54, 1.807) is 14.0 Å². The van der Waals surface area contributed by atoms with Gasteiger partial charge < -0.3 is 19.7 Å². The van der Waals surface area contributed by atoms with Gasteiger partial charge in [-0.2, -0.15) is 0 Å². The molecule has 198 valence electrons. The Labute approximate surface area is 232 Å². The first-order chi connectivity index (χ1) is 19.1. The Morgan fingerprint density at radius 2 is 1.67 bits per heavy atom. The van der Waals surface area contributed by atoms with E-state index in [1.807, 2.05) is 95.2 Å². The van der Waals surface area contributed by atoms with Crippen molar-refractivity contribution >= 4 is 34.5 Å². The number of benzene rings is 3. The number of rotatable bonds is 9. The molecule has 0 unspecified atom stereocenters. The third-order valence-electron chi connectivity index (χ3n) is 6.46. The van der Waals surface area contributed by atoms with Crippen molar-refractivity contribution < 1.29 is 19.1 Å². The van der Waals surface area contributed by atoms with Crippen molar-refractivity contribution in [1.82, 2.24) is 10.2 Å². The lowest BCUT2D eigenvalue weighted by atomic mass is 9.91. The average molecular weight is 540 g/mol. The van der Waals surface area contributed by atoms with Gasteiger partial charge in [0.05, 0.1) is 37.4 Å². The highest BCUT2D eigenvalue weighted by atomic mass is 32.2. The van der Waals surface area contributed by atoms with Crippen LogP contribution in [0, 0.1) is 0 Å². The van der Waals surface area contributed by atoms with Crippen molar-refractivity contribution in [1.29, 1.82) is 0 Å². The minimum absolute atomic E-state index is 0.115. The molecule has 1 amide bonds. The van der Waals surface area contributed by atoms with Crippen LogP contribution in [0.1, 0.15) is 36.1 Å². The fourth-order valence-corrected chi connectivity index (χ4v) is 5.53. The molecule has 2 aliphatic rings. The number of fused-ring (bicyclic) bond motifs is 1. The van der Waals surface area contributed by atoms with Gasteiger partial charge in [-0.1, -0.05) is 84.6 Å². The Morgan fingerprint density at radius 1 is 0.974 bits per heavy atom. The van der Waals surface area contributed by atoms with Gasteiger partial charge in [0.25, 0.3) is 0 Å². The normalized spacial score (nSPS) is 16.3. The van der Waals surface area contributed by atoms with Gasteiger partial charge in [-0.15, -0.1) is 0 Å². The molecule has 8 heteroatoms. The molecule has 0 fully saturated rings. The second-order valence-corrected chi connectivity index (χ2v) is 9.79. The summed E-state index contributed by atoms with van der Waals surface area (Å²) < 4.78 is 10.9. The first-order valence-electron chi connectivity index (χ1n) is 12.7. The van der Waals surface area contributed by atoms with Crippen molar-refractivity contribution in [3.63, 3.8) is 0 Å². The molecule has 0 bridgehead atoms. The van der Waals surface area contributed by atoms with E-state index in [4.69, 9.17) is 14.5 Å². The van der Waals surface area contributed by atoms with Crippen LogP contribution in [0.2, 0.25) is 0 Å². The quantitative estimate of drug-likeness (QED) is 0.353. The minimum Gasteiger partial charge on any atom is -0.497 e. The summed E-state index contributed by atoms with van der Waals surface area (Å²) in [5.74, 6) is 0.154. The highest BCUT2D eigenvalue weighted by molar-refractivity contribution is 8.16. The molecule has 1 N–H and O–H groups in total. The lowest BCUT2D eigenvalue weighted by Gasteiger charge is -2.36. The number of thioether (sulfide) groups is 1. The van der Waals surface area contributed by atoms with E-state index in [0.717, 1.165) is 22.4 Å². The number of methoxy groups -OCH3 is 1. The van der Waals surface area contributed by atoms with E-state index in [1.165, 1.54) is 11.8 Å². The smallest absolute Gasteiger partial charge is 0.338 e. The molecular formula is C31H29N3O4S. The van der Waals surface area contributed by atoms with Crippen LogP contribution in [0.3, 0.4) is 0 Å². The summed E-state index contributed by atoms with van der Waals surface area (Å²) in [6.45, 7) is 2.46. The maximum Gasteiger partial charge on any atom is 0.338 e. The summed E-state index contributed by atoms with van der Waals surface area (Å²) in [4.78, 5) is 33.5. The van der Waals surface area contributed by atoms with E-state index in [9.17, 15) is 9.59 Å². The Hall–Kier alpha value is -4.30. The van der Waals surface area contributed by atoms with E-state index in [-0.39, 0.29) is 18.9 Å². The standard InChI is InChI=1S/C31H29N3O4S/c1-3-38-30(36)27-28(22-12-8-5-9-13-22)33-31-34(29(27)23-14-16-25(37-2)17-15-23)24(20-39-31)18-26(35)32-19-21-10-6-4-7-11-21/h4-17,20,29H,3,18-19H2,1-2H3,(H,32,35)/t29-/m0/s1. The van der Waals surface area contributed by atoms with E-state index in [0.29, 0.717) is 28.7 Å². The zero-order valence-corrected chi connectivity index (χ0v) is 22.6. The van der Waals surface area contributed by atoms with Crippen molar-refractivity contribution in [2.75, 3.05) is 13.7 Å². The zero-order valence-electron chi connectivity index (χ0n) is 21.8. The van der Waals surface area contributed by atoms with Gasteiger partial charge in [-0.25, -0.2) is 9.79 Å². The van der Waals surface area contributed by atoms with Crippen LogP contribution < -0.4 is 10.1 Å². The van der Waals surface area contributed by atoms with Gasteiger partial charge in [0.2, 0.25) is 5.91 Å². The molecule has 0 saturated carbocycles. The van der Waals surface area contributed by atoms with Crippen molar-refractivity contribution in [2.24, 2.45) is 4.99 Å². The maximum absolute atomic E-state index is 13.6. The highest BCUT2D eigenvalue weighted by Gasteiger charge is 2.42. The summed E-state index contributed by atoms with van der Waals surface area (Å²) >= 11 is 1.45. The van der Waals surface area contributed by atoms with Crippen LogP contribution in [-0.2, 0) is 20.9 Å². The number of carbonyl (C=O) groups excluding carboxylic acids is 2. The molecule has 0 radical (unpaired) electrons. The van der Waals surface area contributed by atoms with Crippen LogP contribution in [0.5, 0.6) is 5.75 Å². The first-order valence-corrected chi connectivity index (χ1v) is 13.6. The van der Waals surface area contributed by atoms with Gasteiger partial charge >= 0.3 is 5.97 Å². The lowest BCUT2D eigenvalue weighted by molar-refractivity contribution is -0.139. The second-order valence-electron chi connectivity index (χ2n) is 8.95. The molecule has 0 spiro atoms. The average Bonchev–Trinajstić information content (AvgIpc) is 3.38. The van der Waals surface area contributed by atoms with Crippen LogP contribution in [0.4, 0.5) is 0 Å². The van der Waals surface area contributed by atoms with Gasteiger partial charge in [0.1, 0.15) is 5.75 Å². The summed E-state index contributed by atoms with van der Waals surface area (Å²) in [6.07, 6.45) is 0.141. The largest absolute Gasteiger partial charge is 0.497 e. The molecule has 3 aromatic rings. The Morgan fingerprint density at radius 3 is 2.33 bits per heavy atom. The third-order valence-corrected chi connectivity index (χ3v) is 7.35. The minimum atomic E-state index is -0.541. The Kier molecular flexibility index (Phi) is 8.13. The SMILES string of the molecule is CCOC(=O)C1=C(c2ccccc2)N=C2SC=C(CC(=O)NCc3ccccc3)N2[C@H]1c1ccc(OC)cc1. The van der Waals surface area contributed by atoms with E-state index >= 15 is 0 Å². The summed E-state index contributed by atoms with van der Waals surface area (Å²) in [5.41, 5.74) is 4.46. The molecule has 0 aromatic heterocycles. The number of ether oxygens (including phenoxy) is 2. The molecule has 0 saturated heterocycles. The summed E-state index contributed by atoms with van der Waals surface area (Å²) in [7, 11) is 1.61. The molecule has 3 aromatic carbocycles. The molecule has 7 nitrogen and oxygen atoms in total. The molecule has 1 atom stereocenters. The van der Waals surface area contributed by atoms with Gasteiger partial charge in [-0.05, 0) is 35.6 Å². The van der Waals surface area contributed by atoms with Crippen LogP contribution in [0.15, 0.2) is 107 Å². The number of amidine groups is 1. The summed E-state index contributed by atoms with van der Waals surface area (Å²) in [6, 6.07) is 26.5. The van der Waals surface area contributed by atoms with Crippen molar-refractivity contribution in [3.05, 3.63) is 118 Å². The number of carbonyl (C=O) groups is 2. The number of aliphatic imine (C=N–C) groups is 1. The fourth-order valence-electron chi connectivity index (χ4n) is 4.61. The molecule has 39 heavy (non-hydrogen) atoms. The first kappa shape index (κ1) is 26.3. The van der Waals surface area contributed by atoms with Crippen LogP contribution >= 0.6 is 11.8 Å². The van der Waals surface area contributed by atoms with Crippen molar-refractivity contribution in [3.8, 4) is 5.75 Å². The summed E-state index contributed by atoms with van der Waals surface area (Å²) in [5, 5.41) is 5.65. The molecule has 5 rings (SSSR count). The zero-order chi connectivity index (χ0) is 27.2. The molecule has 2 aliphatic heterocycles. The van der Waals surface area contributed by atoms with Crippen LogP contribution in [-0.4, -0.2) is 35.7 Å². The number of hydrogen-bond acceptors (Lipinski definition) is 7. The Bertz CT molecular complexity index is 1430. The lowest BCUT2D eigenvalue weighted by Crippen LogP contribution is -2.38. The van der Waals surface area contributed by atoms with Crippen LogP contribution in [0.25, 0.3) is 5.70 Å². The van der Waals surface area contributed by atoms with Gasteiger partial charge in [-0.3, -0.25) is 4.79 Å². The number of esters is 1. The second kappa shape index (κ2) is 12.0. The highest BCUT2D eigenvalue weighted by Crippen LogP contribution is 2.47. The van der Waals surface area contributed by atoms with Crippen molar-refractivity contribution in [2.45, 2.75) is 25.9 Å².